The highest BCUT2D eigenvalue weighted by atomic mass is 16.6. The molecule has 0 fully saturated rings. The zero-order chi connectivity index (χ0) is 40.3. The minimum Gasteiger partial charge on any atom is -0.462 e. The lowest BCUT2D eigenvalue weighted by molar-refractivity contribution is -0.167. The van der Waals surface area contributed by atoms with Crippen LogP contribution in [0, 0.1) is 5.92 Å². The van der Waals surface area contributed by atoms with Crippen molar-refractivity contribution >= 4 is 17.9 Å². The Bertz CT molecular complexity index is 826. The van der Waals surface area contributed by atoms with Crippen molar-refractivity contribution in [2.75, 3.05) is 13.2 Å². The van der Waals surface area contributed by atoms with Crippen molar-refractivity contribution in [2.24, 2.45) is 5.92 Å². The first-order chi connectivity index (χ1) is 26.9. The van der Waals surface area contributed by atoms with Crippen molar-refractivity contribution in [3.05, 3.63) is 0 Å². The predicted octanol–water partition coefficient (Wildman–Crippen LogP) is 15.5. The predicted molar refractivity (Wildman–Crippen MR) is 233 cm³/mol. The van der Waals surface area contributed by atoms with Crippen molar-refractivity contribution in [1.82, 2.24) is 0 Å². The minimum absolute atomic E-state index is 0.0635. The minimum atomic E-state index is -0.758. The van der Waals surface area contributed by atoms with Gasteiger partial charge in [-0.05, 0) is 25.2 Å². The first-order valence-corrected chi connectivity index (χ1v) is 24.4. The summed E-state index contributed by atoms with van der Waals surface area (Å²) in [5.74, 6) is -0.00740. The fraction of sp³-hybridized carbons (Fsp3) is 0.939. The molecular formula is C49H94O6. The molecule has 0 aliphatic carbocycles. The molecule has 0 heterocycles. The Labute approximate surface area is 342 Å². The van der Waals surface area contributed by atoms with E-state index in [1.807, 2.05) is 0 Å². The highest BCUT2D eigenvalue weighted by Gasteiger charge is 2.19. The second-order valence-electron chi connectivity index (χ2n) is 17.2. The Balaban J connectivity index is 4.20. The van der Waals surface area contributed by atoms with Gasteiger partial charge in [-0.15, -0.1) is 0 Å². The molecule has 0 aromatic heterocycles. The van der Waals surface area contributed by atoms with Gasteiger partial charge in [0.2, 0.25) is 0 Å². The fourth-order valence-corrected chi connectivity index (χ4v) is 7.33. The number of esters is 3. The third-order valence-electron chi connectivity index (χ3n) is 11.0. The molecule has 0 rings (SSSR count). The molecule has 0 N–H and O–H groups in total. The molecule has 0 aliphatic heterocycles. The fourth-order valence-electron chi connectivity index (χ4n) is 7.33. The van der Waals surface area contributed by atoms with E-state index in [1.165, 1.54) is 167 Å². The maximum atomic E-state index is 12.7. The highest BCUT2D eigenvalue weighted by Crippen LogP contribution is 2.17. The smallest absolute Gasteiger partial charge is 0.306 e. The van der Waals surface area contributed by atoms with Crippen LogP contribution in [0.1, 0.15) is 272 Å². The molecule has 0 unspecified atom stereocenters. The number of rotatable bonds is 44. The first kappa shape index (κ1) is 53.4. The molecule has 0 amide bonds. The highest BCUT2D eigenvalue weighted by molar-refractivity contribution is 5.71. The van der Waals surface area contributed by atoms with E-state index >= 15 is 0 Å². The van der Waals surface area contributed by atoms with Gasteiger partial charge in [-0.1, -0.05) is 233 Å². The molecule has 0 saturated heterocycles. The SMILES string of the molecule is CCCCCCCCCCCCCCC(=O)OC[C@@H](COC(=O)CCCCCCCCC)OC(=O)CCCCCCCCCCCCCCCCCC(C)C. The Morgan fingerprint density at radius 3 is 0.891 bits per heavy atom. The number of unbranched alkanes of at least 4 members (excludes halogenated alkanes) is 31. The topological polar surface area (TPSA) is 78.9 Å². The monoisotopic (exact) mass is 779 g/mol. The van der Waals surface area contributed by atoms with E-state index in [-0.39, 0.29) is 31.1 Å². The van der Waals surface area contributed by atoms with Crippen LogP contribution in [0.3, 0.4) is 0 Å². The molecule has 0 bridgehead atoms. The van der Waals surface area contributed by atoms with Crippen LogP contribution in [-0.2, 0) is 28.6 Å². The second kappa shape index (κ2) is 43.5. The third-order valence-corrected chi connectivity index (χ3v) is 11.0. The van der Waals surface area contributed by atoms with E-state index in [4.69, 9.17) is 14.2 Å². The van der Waals surface area contributed by atoms with Gasteiger partial charge < -0.3 is 14.2 Å². The molecule has 0 aliphatic rings. The molecule has 55 heavy (non-hydrogen) atoms. The number of hydrogen-bond acceptors (Lipinski definition) is 6. The van der Waals surface area contributed by atoms with Gasteiger partial charge in [0.05, 0.1) is 0 Å². The van der Waals surface area contributed by atoms with Crippen LogP contribution < -0.4 is 0 Å². The van der Waals surface area contributed by atoms with Gasteiger partial charge in [0, 0.05) is 19.3 Å². The zero-order valence-corrected chi connectivity index (χ0v) is 37.4. The van der Waals surface area contributed by atoms with E-state index in [1.54, 1.807) is 0 Å². The largest absolute Gasteiger partial charge is 0.462 e. The summed E-state index contributed by atoms with van der Waals surface area (Å²) < 4.78 is 16.7. The van der Waals surface area contributed by atoms with Crippen LogP contribution in [0.25, 0.3) is 0 Å². The van der Waals surface area contributed by atoms with Crippen LogP contribution in [0.15, 0.2) is 0 Å². The van der Waals surface area contributed by atoms with Crippen molar-refractivity contribution < 1.29 is 28.6 Å². The van der Waals surface area contributed by atoms with Crippen LogP contribution in [0.5, 0.6) is 0 Å². The Morgan fingerprint density at radius 1 is 0.345 bits per heavy atom. The lowest BCUT2D eigenvalue weighted by Gasteiger charge is -2.18. The van der Waals surface area contributed by atoms with Gasteiger partial charge in [0.1, 0.15) is 13.2 Å². The molecule has 0 saturated carbocycles. The van der Waals surface area contributed by atoms with Crippen LogP contribution in [-0.4, -0.2) is 37.2 Å². The quantitative estimate of drug-likeness (QED) is 0.0348. The van der Waals surface area contributed by atoms with Gasteiger partial charge in [-0.25, -0.2) is 0 Å². The average Bonchev–Trinajstić information content (AvgIpc) is 3.17. The summed E-state index contributed by atoms with van der Waals surface area (Å²) in [5.41, 5.74) is 0. The van der Waals surface area contributed by atoms with Crippen LogP contribution >= 0.6 is 0 Å². The Hall–Kier alpha value is -1.59. The van der Waals surface area contributed by atoms with Crippen molar-refractivity contribution in [1.29, 1.82) is 0 Å². The molecule has 0 aromatic rings. The van der Waals surface area contributed by atoms with Gasteiger partial charge in [-0.2, -0.15) is 0 Å². The number of carbonyl (C=O) groups is 3. The van der Waals surface area contributed by atoms with E-state index in [9.17, 15) is 14.4 Å². The zero-order valence-electron chi connectivity index (χ0n) is 37.4. The van der Waals surface area contributed by atoms with Crippen molar-refractivity contribution in [3.8, 4) is 0 Å². The number of ether oxygens (including phenoxy) is 3. The Morgan fingerprint density at radius 2 is 0.600 bits per heavy atom. The first-order valence-electron chi connectivity index (χ1n) is 24.4. The maximum absolute atomic E-state index is 12.7. The lowest BCUT2D eigenvalue weighted by atomic mass is 10.0. The van der Waals surface area contributed by atoms with E-state index in [0.717, 1.165) is 63.7 Å². The van der Waals surface area contributed by atoms with Crippen LogP contribution in [0.2, 0.25) is 0 Å². The summed E-state index contributed by atoms with van der Waals surface area (Å²) in [5, 5.41) is 0. The summed E-state index contributed by atoms with van der Waals surface area (Å²) >= 11 is 0. The third kappa shape index (κ3) is 43.4. The summed E-state index contributed by atoms with van der Waals surface area (Å²) in [6, 6.07) is 0. The summed E-state index contributed by atoms with van der Waals surface area (Å²) in [7, 11) is 0. The molecule has 0 radical (unpaired) electrons. The standard InChI is InChI=1S/C49H94O6/c1-5-7-9-11-13-14-15-22-25-29-33-37-41-48(51)54-44-46(43-53-47(50)40-36-32-27-12-10-8-6-2)55-49(52)42-38-34-30-26-23-20-18-16-17-19-21-24-28-31-35-39-45(3)4/h45-46H,5-44H2,1-4H3/t46-/m1/s1. The molecular weight excluding hydrogens is 685 g/mol. The molecule has 6 nitrogen and oxygen atoms in total. The van der Waals surface area contributed by atoms with Crippen molar-refractivity contribution in [2.45, 2.75) is 278 Å². The summed E-state index contributed by atoms with van der Waals surface area (Å²) in [6.07, 6.45) is 43.8. The van der Waals surface area contributed by atoms with Crippen molar-refractivity contribution in [3.63, 3.8) is 0 Å². The van der Waals surface area contributed by atoms with Gasteiger partial charge in [-0.3, -0.25) is 14.4 Å². The van der Waals surface area contributed by atoms with Crippen LogP contribution in [0.4, 0.5) is 0 Å². The Kier molecular flexibility index (Phi) is 42.3. The molecule has 326 valence electrons. The normalized spacial score (nSPS) is 11.9. The average molecular weight is 779 g/mol. The van der Waals surface area contributed by atoms with Gasteiger partial charge in [0.25, 0.3) is 0 Å². The number of hydrogen-bond donors (Lipinski definition) is 0. The van der Waals surface area contributed by atoms with E-state index in [0.29, 0.717) is 19.3 Å². The number of carbonyl (C=O) groups excluding carboxylic acids is 3. The van der Waals surface area contributed by atoms with E-state index in [2.05, 4.69) is 27.7 Å². The summed E-state index contributed by atoms with van der Waals surface area (Å²) in [6.45, 7) is 8.98. The lowest BCUT2D eigenvalue weighted by Crippen LogP contribution is -2.30. The molecule has 0 spiro atoms. The molecule has 1 atom stereocenters. The second-order valence-corrected chi connectivity index (χ2v) is 17.2. The maximum Gasteiger partial charge on any atom is 0.306 e. The summed E-state index contributed by atoms with van der Waals surface area (Å²) in [4.78, 5) is 37.7. The van der Waals surface area contributed by atoms with Gasteiger partial charge >= 0.3 is 17.9 Å². The van der Waals surface area contributed by atoms with Gasteiger partial charge in [0.15, 0.2) is 6.10 Å². The molecule has 6 heteroatoms. The molecule has 0 aromatic carbocycles. The van der Waals surface area contributed by atoms with E-state index < -0.39 is 6.10 Å².